The molecule has 19 heavy (non-hydrogen) atoms. The molecular weight excluding hydrogens is 332 g/mol. The zero-order valence-electron chi connectivity index (χ0n) is 9.48. The monoisotopic (exact) mass is 338 g/mol. The second-order valence-electron chi connectivity index (χ2n) is 3.60. The zero-order chi connectivity index (χ0) is 14.2. The number of methoxy groups -OCH3 is 1. The number of nitrogens with one attached hydrogen (secondary N) is 1. The second kappa shape index (κ2) is 4.84. The minimum atomic E-state index is -4.59. The lowest BCUT2D eigenvalue weighted by Crippen LogP contribution is -2.05. The largest absolute Gasteiger partial charge is 0.496 e. The van der Waals surface area contributed by atoms with Crippen LogP contribution in [0.15, 0.2) is 22.8 Å². The van der Waals surface area contributed by atoms with E-state index in [4.69, 9.17) is 4.74 Å². The molecule has 1 aromatic heterocycles. The maximum atomic E-state index is 13.8. The first kappa shape index (κ1) is 13.9. The number of ether oxygens (including phenoxy) is 1. The maximum Gasteiger partial charge on any atom is 0.434 e. The Balaban J connectivity index is 2.56. The van der Waals surface area contributed by atoms with Crippen molar-refractivity contribution in [2.24, 2.45) is 0 Å². The molecule has 1 N–H and O–H groups in total. The minimum Gasteiger partial charge on any atom is -0.496 e. The summed E-state index contributed by atoms with van der Waals surface area (Å²) < 4.78 is 56.5. The predicted molar refractivity (Wildman–Crippen MR) is 63.2 cm³/mol. The number of hydrogen-bond acceptors (Lipinski definition) is 2. The Labute approximate surface area is 113 Å². The van der Waals surface area contributed by atoms with Crippen molar-refractivity contribution in [1.29, 1.82) is 0 Å². The Morgan fingerprint density at radius 3 is 2.53 bits per heavy atom. The molecule has 0 aliphatic rings. The van der Waals surface area contributed by atoms with Gasteiger partial charge in [0.05, 0.1) is 12.7 Å². The number of benzene rings is 1. The number of hydrogen-bond donors (Lipinski definition) is 1. The summed E-state index contributed by atoms with van der Waals surface area (Å²) >= 11 is 3.07. The highest BCUT2D eigenvalue weighted by molar-refractivity contribution is 9.10. The SMILES string of the molecule is COc1cc(Br)cc(F)c1-c1nc(C(F)(F)F)c[nH]1. The van der Waals surface area contributed by atoms with Gasteiger partial charge in [-0.15, -0.1) is 0 Å². The van der Waals surface area contributed by atoms with Gasteiger partial charge >= 0.3 is 6.18 Å². The molecule has 0 amide bonds. The molecule has 0 bridgehead atoms. The van der Waals surface area contributed by atoms with Gasteiger partial charge in [-0.3, -0.25) is 0 Å². The molecule has 1 heterocycles. The van der Waals surface area contributed by atoms with Crippen LogP contribution in [-0.2, 0) is 6.18 Å². The van der Waals surface area contributed by atoms with Gasteiger partial charge in [0.1, 0.15) is 17.4 Å². The fraction of sp³-hybridized carbons (Fsp3) is 0.182. The van der Waals surface area contributed by atoms with Crippen molar-refractivity contribution in [3.05, 3.63) is 34.3 Å². The Kier molecular flexibility index (Phi) is 3.53. The standard InChI is InChI=1S/C11H7BrF4N2O/c1-19-7-3-5(12)2-6(13)9(7)10-17-4-8(18-10)11(14,15)16/h2-4H,1H3,(H,17,18). The summed E-state index contributed by atoms with van der Waals surface area (Å²) in [5.74, 6) is -0.904. The van der Waals surface area contributed by atoms with Gasteiger partial charge in [0.25, 0.3) is 0 Å². The average Bonchev–Trinajstić information content (AvgIpc) is 2.76. The molecule has 0 aliphatic heterocycles. The quantitative estimate of drug-likeness (QED) is 0.840. The highest BCUT2D eigenvalue weighted by Gasteiger charge is 2.34. The molecule has 0 fully saturated rings. The van der Waals surface area contributed by atoms with Crippen LogP contribution >= 0.6 is 15.9 Å². The number of rotatable bonds is 2. The van der Waals surface area contributed by atoms with Crippen LogP contribution in [-0.4, -0.2) is 17.1 Å². The van der Waals surface area contributed by atoms with Crippen LogP contribution in [0.4, 0.5) is 17.6 Å². The van der Waals surface area contributed by atoms with E-state index in [0.29, 0.717) is 10.7 Å². The third-order valence-electron chi connectivity index (χ3n) is 2.34. The van der Waals surface area contributed by atoms with Crippen molar-refractivity contribution in [1.82, 2.24) is 9.97 Å². The Hall–Kier alpha value is -1.57. The topological polar surface area (TPSA) is 37.9 Å². The van der Waals surface area contributed by atoms with E-state index in [1.165, 1.54) is 13.2 Å². The molecule has 0 radical (unpaired) electrons. The molecule has 2 aromatic rings. The van der Waals surface area contributed by atoms with Crippen LogP contribution in [0.5, 0.6) is 5.75 Å². The summed E-state index contributed by atoms with van der Waals surface area (Å²) in [6.45, 7) is 0. The van der Waals surface area contributed by atoms with E-state index in [9.17, 15) is 17.6 Å². The lowest BCUT2D eigenvalue weighted by atomic mass is 10.2. The molecule has 8 heteroatoms. The van der Waals surface area contributed by atoms with Gasteiger partial charge in [-0.25, -0.2) is 9.37 Å². The third-order valence-corrected chi connectivity index (χ3v) is 2.80. The lowest BCUT2D eigenvalue weighted by Gasteiger charge is -2.08. The smallest absolute Gasteiger partial charge is 0.434 e. The van der Waals surface area contributed by atoms with E-state index in [1.54, 1.807) is 0 Å². The zero-order valence-corrected chi connectivity index (χ0v) is 11.1. The minimum absolute atomic E-state index is 0.0787. The average molecular weight is 339 g/mol. The number of aromatic amines is 1. The van der Waals surface area contributed by atoms with Crippen LogP contribution < -0.4 is 4.74 Å². The molecule has 1 aromatic carbocycles. The molecule has 3 nitrogen and oxygen atoms in total. The fourth-order valence-corrected chi connectivity index (χ4v) is 1.94. The highest BCUT2D eigenvalue weighted by atomic mass is 79.9. The van der Waals surface area contributed by atoms with Gasteiger partial charge in [-0.05, 0) is 12.1 Å². The lowest BCUT2D eigenvalue weighted by molar-refractivity contribution is -0.140. The second-order valence-corrected chi connectivity index (χ2v) is 4.51. The number of alkyl halides is 3. The van der Waals surface area contributed by atoms with Crippen molar-refractivity contribution in [2.75, 3.05) is 7.11 Å². The van der Waals surface area contributed by atoms with Crippen LogP contribution in [0.3, 0.4) is 0 Å². The number of H-pyrrole nitrogens is 1. The molecule has 0 saturated heterocycles. The third kappa shape index (κ3) is 2.73. The molecular formula is C11H7BrF4N2O. The van der Waals surface area contributed by atoms with E-state index >= 15 is 0 Å². The van der Waals surface area contributed by atoms with E-state index < -0.39 is 17.7 Å². The number of imidazole rings is 1. The molecule has 0 spiro atoms. The van der Waals surface area contributed by atoms with Crippen LogP contribution in [0, 0.1) is 5.82 Å². The summed E-state index contributed by atoms with van der Waals surface area (Å²) in [6, 6.07) is 2.56. The summed E-state index contributed by atoms with van der Waals surface area (Å²) in [4.78, 5) is 5.63. The Morgan fingerprint density at radius 1 is 1.32 bits per heavy atom. The summed E-state index contributed by atoms with van der Waals surface area (Å²) in [5, 5.41) is 0. The number of nitrogens with zero attached hydrogens (tertiary/aromatic N) is 1. The highest BCUT2D eigenvalue weighted by Crippen LogP contribution is 2.35. The van der Waals surface area contributed by atoms with E-state index in [2.05, 4.69) is 25.9 Å². The van der Waals surface area contributed by atoms with Gasteiger partial charge in [0.2, 0.25) is 0 Å². The molecule has 2 rings (SSSR count). The normalized spacial score (nSPS) is 11.7. The van der Waals surface area contributed by atoms with Crippen molar-refractivity contribution in [2.45, 2.75) is 6.18 Å². The van der Waals surface area contributed by atoms with Crippen LogP contribution in [0.2, 0.25) is 0 Å². The Morgan fingerprint density at radius 2 is 2.00 bits per heavy atom. The molecule has 0 unspecified atom stereocenters. The van der Waals surface area contributed by atoms with Gasteiger partial charge in [0.15, 0.2) is 5.69 Å². The maximum absolute atomic E-state index is 13.8. The van der Waals surface area contributed by atoms with E-state index in [-0.39, 0.29) is 17.1 Å². The first-order valence-electron chi connectivity index (χ1n) is 4.99. The fourth-order valence-electron chi connectivity index (χ4n) is 1.54. The molecule has 0 atom stereocenters. The van der Waals surface area contributed by atoms with Gasteiger partial charge < -0.3 is 9.72 Å². The van der Waals surface area contributed by atoms with Gasteiger partial charge in [-0.1, -0.05) is 15.9 Å². The first-order chi connectivity index (χ1) is 8.82. The van der Waals surface area contributed by atoms with Crippen molar-refractivity contribution in [3.8, 4) is 17.1 Å². The van der Waals surface area contributed by atoms with Crippen molar-refractivity contribution >= 4 is 15.9 Å². The molecule has 0 saturated carbocycles. The number of aromatic nitrogens is 2. The number of halogens is 5. The van der Waals surface area contributed by atoms with Gasteiger partial charge in [-0.2, -0.15) is 13.2 Å². The van der Waals surface area contributed by atoms with Crippen LogP contribution in [0.25, 0.3) is 11.4 Å². The first-order valence-corrected chi connectivity index (χ1v) is 5.78. The Bertz CT molecular complexity index is 609. The predicted octanol–water partition coefficient (Wildman–Crippen LogP) is 4.01. The van der Waals surface area contributed by atoms with Crippen molar-refractivity contribution < 1.29 is 22.3 Å². The summed E-state index contributed by atoms with van der Waals surface area (Å²) in [7, 11) is 1.29. The van der Waals surface area contributed by atoms with E-state index in [0.717, 1.165) is 6.07 Å². The van der Waals surface area contributed by atoms with Crippen LogP contribution in [0.1, 0.15) is 5.69 Å². The van der Waals surface area contributed by atoms with Crippen molar-refractivity contribution in [3.63, 3.8) is 0 Å². The molecule has 0 aliphatic carbocycles. The van der Waals surface area contributed by atoms with E-state index in [1.807, 2.05) is 0 Å². The van der Waals surface area contributed by atoms with Gasteiger partial charge in [0, 0.05) is 10.7 Å². The summed E-state index contributed by atoms with van der Waals surface area (Å²) in [5.41, 5.74) is -1.27. The summed E-state index contributed by atoms with van der Waals surface area (Å²) in [6.07, 6.45) is -3.91. The molecule has 102 valence electrons.